The lowest BCUT2D eigenvalue weighted by molar-refractivity contribution is -0.404. The van der Waals surface area contributed by atoms with Crippen molar-refractivity contribution in [3.05, 3.63) is 0 Å². The predicted octanol–water partition coefficient (Wildman–Crippen LogP) is -13.2. The van der Waals surface area contributed by atoms with Crippen molar-refractivity contribution in [2.24, 2.45) is 0 Å². The highest BCUT2D eigenvalue weighted by Gasteiger charge is 2.58. The zero-order chi connectivity index (χ0) is 52.3. The van der Waals surface area contributed by atoms with E-state index in [1.165, 1.54) is 0 Å². The van der Waals surface area contributed by atoms with E-state index in [2.05, 4.69) is 10.6 Å². The molecule has 32 nitrogen and oxygen atoms in total. The first kappa shape index (κ1) is 58.1. The molecule has 6 aliphatic heterocycles. The minimum absolute atomic E-state index is 0.678. The molecule has 6 rings (SSSR count). The molecule has 6 aliphatic rings. The number of amides is 2. The molecule has 0 aromatic rings. The summed E-state index contributed by atoms with van der Waals surface area (Å²) in [5.41, 5.74) is 0. The standard InChI is InChI=1S/C39H66N2O30/c1-9(46)40-17-23(53)30(14(5-44)63-34(17)60)68-35-18(41-10(2)47)24(54)31(15(6-45)66-35)69-39-33(71-37-27(57)19(49)11(48)7-61-37)32(70-38-29(59)26(56)21(51)13(4-43)65-38)22(52)16(67-39)8-62-36-28(58)25(55)20(50)12(3-42)64-36/h11-39,42-45,48-60H,3-8H2,1-2H3,(H,40,46)(H,41,47)/t11-,12?,13?,14?,15?,16?,17?,18?,19+,20-,21-,22-,23-,24-,25+,26+,27?,28?,29?,30-,31-,32+,33?,34?,35+,36+,37+,38-,39+/m1/s1. The van der Waals surface area contributed by atoms with Gasteiger partial charge < -0.3 is 150 Å². The molecule has 0 saturated carbocycles. The van der Waals surface area contributed by atoms with Crippen LogP contribution in [0, 0.1) is 0 Å². The van der Waals surface area contributed by atoms with Crippen molar-refractivity contribution >= 4 is 11.8 Å². The van der Waals surface area contributed by atoms with Crippen LogP contribution in [0.2, 0.25) is 0 Å². The van der Waals surface area contributed by atoms with E-state index in [9.17, 15) is 96.4 Å². The minimum Gasteiger partial charge on any atom is -0.394 e. The number of rotatable bonds is 17. The van der Waals surface area contributed by atoms with Gasteiger partial charge in [0.1, 0.15) is 140 Å². The fraction of sp³-hybridized carbons (Fsp3) is 0.949. The predicted molar refractivity (Wildman–Crippen MR) is 216 cm³/mol. The summed E-state index contributed by atoms with van der Waals surface area (Å²) in [6.07, 6.45) is -51.8. The van der Waals surface area contributed by atoms with E-state index in [-0.39, 0.29) is 0 Å². The van der Waals surface area contributed by atoms with E-state index in [1.807, 2.05) is 0 Å². The van der Waals surface area contributed by atoms with Crippen molar-refractivity contribution in [2.75, 3.05) is 39.6 Å². The molecule has 0 bridgehead atoms. The van der Waals surface area contributed by atoms with Crippen LogP contribution in [0.1, 0.15) is 13.8 Å². The fourth-order valence-electron chi connectivity index (χ4n) is 8.91. The second-order valence-electron chi connectivity index (χ2n) is 17.8. The Labute approximate surface area is 402 Å². The van der Waals surface area contributed by atoms with Gasteiger partial charge in [-0.3, -0.25) is 9.59 Å². The van der Waals surface area contributed by atoms with Crippen molar-refractivity contribution in [3.63, 3.8) is 0 Å². The molecule has 19 N–H and O–H groups in total. The van der Waals surface area contributed by atoms with Gasteiger partial charge in [0, 0.05) is 13.8 Å². The molecule has 29 atom stereocenters. The molecule has 6 saturated heterocycles. The molecule has 0 aliphatic carbocycles. The largest absolute Gasteiger partial charge is 0.394 e. The van der Waals surface area contributed by atoms with E-state index in [0.717, 1.165) is 13.8 Å². The molecule has 0 aromatic carbocycles. The van der Waals surface area contributed by atoms with Crippen LogP contribution in [0.4, 0.5) is 0 Å². The normalized spacial score (nSPS) is 49.8. The Kier molecular flexibility index (Phi) is 20.5. The molecular weight excluding hydrogens is 976 g/mol. The number of hydrogen-bond acceptors (Lipinski definition) is 30. The summed E-state index contributed by atoms with van der Waals surface area (Å²) in [7, 11) is 0. The lowest BCUT2D eigenvalue weighted by atomic mass is 9.93. The van der Waals surface area contributed by atoms with E-state index < -0.39 is 229 Å². The fourth-order valence-corrected chi connectivity index (χ4v) is 8.91. The first-order chi connectivity index (χ1) is 33.6. The number of aliphatic hydroxyl groups is 17. The third-order valence-corrected chi connectivity index (χ3v) is 12.8. The highest BCUT2D eigenvalue weighted by Crippen LogP contribution is 2.37. The average molecular weight is 1040 g/mol. The van der Waals surface area contributed by atoms with Crippen LogP contribution in [0.15, 0.2) is 0 Å². The molecule has 0 aromatic heterocycles. The van der Waals surface area contributed by atoms with Gasteiger partial charge in [-0.1, -0.05) is 0 Å². The van der Waals surface area contributed by atoms with Crippen LogP contribution in [-0.2, 0) is 61.7 Å². The van der Waals surface area contributed by atoms with E-state index >= 15 is 0 Å². The Hall–Kier alpha value is -2.18. The molecule has 32 heteroatoms. The second-order valence-corrected chi connectivity index (χ2v) is 17.8. The molecule has 0 radical (unpaired) electrons. The molecule has 6 fully saturated rings. The van der Waals surface area contributed by atoms with Gasteiger partial charge in [0.15, 0.2) is 37.7 Å². The third kappa shape index (κ3) is 12.7. The van der Waals surface area contributed by atoms with Crippen molar-refractivity contribution in [1.29, 1.82) is 0 Å². The van der Waals surface area contributed by atoms with Crippen LogP contribution < -0.4 is 10.6 Å². The maximum absolute atomic E-state index is 12.7. The van der Waals surface area contributed by atoms with Crippen molar-refractivity contribution < 1.29 is 149 Å². The average Bonchev–Trinajstić information content (AvgIpc) is 3.33. The molecule has 412 valence electrons. The van der Waals surface area contributed by atoms with Gasteiger partial charge in [0.05, 0.1) is 39.6 Å². The van der Waals surface area contributed by atoms with Crippen molar-refractivity contribution in [3.8, 4) is 0 Å². The molecular formula is C39H66N2O30. The number of carbonyl (C=O) groups excluding carboxylic acids is 2. The Morgan fingerprint density at radius 2 is 0.859 bits per heavy atom. The van der Waals surface area contributed by atoms with Crippen LogP contribution >= 0.6 is 0 Å². The lowest BCUT2D eigenvalue weighted by Gasteiger charge is -2.51. The van der Waals surface area contributed by atoms with Gasteiger partial charge in [0.25, 0.3) is 0 Å². The Morgan fingerprint density at radius 3 is 1.42 bits per heavy atom. The highest BCUT2D eigenvalue weighted by molar-refractivity contribution is 5.73. The third-order valence-electron chi connectivity index (χ3n) is 12.8. The lowest BCUT2D eigenvalue weighted by Crippen LogP contribution is -2.71. The SMILES string of the molecule is CC(=O)NC1C(O)OC(CO)[C@@H](O[C@@H]2OC(CO)[C@@H](O[C@@H]3OC(CO[C@H]4OC(CO)[C@@H](O)[C@H](O)C4O)[C@@H](O)[C@H](O[C@H]4OC(CO)[C@@H](O)[C@H](O)C4O)C3O[C@@H]3OC[C@@H](O)[C@H](O)C3O)[C@H](O)C2NC(C)=O)[C@@H]1O. The molecule has 71 heavy (non-hydrogen) atoms. The van der Waals surface area contributed by atoms with Crippen LogP contribution in [0.3, 0.4) is 0 Å². The monoisotopic (exact) mass is 1040 g/mol. The number of hydrogen-bond donors (Lipinski definition) is 19. The highest BCUT2D eigenvalue weighted by atomic mass is 16.8. The van der Waals surface area contributed by atoms with E-state index in [4.69, 9.17) is 52.1 Å². The maximum Gasteiger partial charge on any atom is 0.217 e. The molecule has 6 heterocycles. The minimum atomic E-state index is -2.20. The molecule has 2 amide bonds. The number of ether oxygens (including phenoxy) is 11. The van der Waals surface area contributed by atoms with E-state index in [1.54, 1.807) is 0 Å². The zero-order valence-electron chi connectivity index (χ0n) is 37.9. The number of carbonyl (C=O) groups is 2. The summed E-state index contributed by atoms with van der Waals surface area (Å²) in [4.78, 5) is 24.6. The first-order valence-corrected chi connectivity index (χ1v) is 22.5. The first-order valence-electron chi connectivity index (χ1n) is 22.5. The van der Waals surface area contributed by atoms with Crippen LogP contribution in [0.5, 0.6) is 0 Å². The van der Waals surface area contributed by atoms with Gasteiger partial charge >= 0.3 is 0 Å². The summed E-state index contributed by atoms with van der Waals surface area (Å²) in [6.45, 7) is -3.36. The van der Waals surface area contributed by atoms with Gasteiger partial charge in [-0.15, -0.1) is 0 Å². The molecule has 12 unspecified atom stereocenters. The van der Waals surface area contributed by atoms with Crippen molar-refractivity contribution in [2.45, 2.75) is 192 Å². The van der Waals surface area contributed by atoms with Crippen LogP contribution in [-0.4, -0.2) is 316 Å². The summed E-state index contributed by atoms with van der Waals surface area (Å²) in [5, 5.41) is 186. The van der Waals surface area contributed by atoms with Gasteiger partial charge in [0.2, 0.25) is 11.8 Å². The number of aliphatic hydroxyl groups excluding tert-OH is 17. The smallest absolute Gasteiger partial charge is 0.217 e. The summed E-state index contributed by atoms with van der Waals surface area (Å²) in [6, 6.07) is -3.33. The second kappa shape index (κ2) is 25.1. The zero-order valence-corrected chi connectivity index (χ0v) is 37.9. The van der Waals surface area contributed by atoms with E-state index in [0.29, 0.717) is 0 Å². The summed E-state index contributed by atoms with van der Waals surface area (Å²) in [5.74, 6) is -1.57. The summed E-state index contributed by atoms with van der Waals surface area (Å²) >= 11 is 0. The van der Waals surface area contributed by atoms with Gasteiger partial charge in [-0.05, 0) is 0 Å². The summed E-state index contributed by atoms with van der Waals surface area (Å²) < 4.78 is 63.7. The Morgan fingerprint density at radius 1 is 0.423 bits per heavy atom. The topological polar surface area (TPSA) is 504 Å². The molecule has 0 spiro atoms. The Bertz CT molecular complexity index is 1690. The maximum atomic E-state index is 12.7. The Balaban J connectivity index is 1.37. The number of nitrogens with one attached hydrogen (secondary N) is 2. The quantitative estimate of drug-likeness (QED) is 0.0643. The van der Waals surface area contributed by atoms with Gasteiger partial charge in [-0.2, -0.15) is 0 Å². The van der Waals surface area contributed by atoms with Gasteiger partial charge in [-0.25, -0.2) is 0 Å². The van der Waals surface area contributed by atoms with Crippen molar-refractivity contribution in [1.82, 2.24) is 10.6 Å². The van der Waals surface area contributed by atoms with Crippen LogP contribution in [0.25, 0.3) is 0 Å².